The number of hydrogen-bond acceptors (Lipinski definition) is 5. The highest BCUT2D eigenvalue weighted by Crippen LogP contribution is 2.36. The van der Waals surface area contributed by atoms with Crippen molar-refractivity contribution in [3.63, 3.8) is 0 Å². The van der Waals surface area contributed by atoms with E-state index in [9.17, 15) is 4.79 Å². The molecule has 6 nitrogen and oxygen atoms in total. The van der Waals surface area contributed by atoms with Gasteiger partial charge in [0.05, 0.1) is 7.11 Å². The Morgan fingerprint density at radius 1 is 1.14 bits per heavy atom. The molecule has 1 aliphatic heterocycles. The van der Waals surface area contributed by atoms with Gasteiger partial charge < -0.3 is 15.0 Å². The molecule has 4 rings (SSSR count). The van der Waals surface area contributed by atoms with E-state index in [0.717, 1.165) is 17.8 Å². The molecule has 0 aliphatic carbocycles. The van der Waals surface area contributed by atoms with Crippen LogP contribution in [0.25, 0.3) is 0 Å². The Labute approximate surface area is 164 Å². The fourth-order valence-corrected chi connectivity index (χ4v) is 3.54. The van der Waals surface area contributed by atoms with E-state index in [2.05, 4.69) is 39.2 Å². The molecule has 1 amide bonds. The van der Waals surface area contributed by atoms with Gasteiger partial charge in [0.1, 0.15) is 11.4 Å². The van der Waals surface area contributed by atoms with Gasteiger partial charge in [-0.2, -0.15) is 0 Å². The van der Waals surface area contributed by atoms with Gasteiger partial charge in [-0.1, -0.05) is 24.3 Å². The number of aryl methyl sites for hydroxylation is 1. The second kappa shape index (κ2) is 7.31. The summed E-state index contributed by atoms with van der Waals surface area (Å²) in [4.78, 5) is 24.1. The number of fused-ring (bicyclic) bond motifs is 1. The molecule has 6 heteroatoms. The number of carbonyl (C=O) groups excluding carboxylic acids is 1. The zero-order valence-electron chi connectivity index (χ0n) is 16.1. The molecule has 142 valence electrons. The number of aromatic nitrogens is 2. The maximum atomic E-state index is 12.8. The maximum Gasteiger partial charge on any atom is 0.274 e. The standard InChI is InChI=1S/C22H22N4O2/c1-14-11-19(21(27)24-17-8-6-9-18(13-17)28-3)25-22(23-14)26-15(2)12-16-7-4-5-10-20(16)26/h4-11,13,15H,12H2,1-3H3,(H,24,27). The average molecular weight is 374 g/mol. The van der Waals surface area contributed by atoms with Crippen LogP contribution in [0.5, 0.6) is 5.75 Å². The molecular weight excluding hydrogens is 352 g/mol. The highest BCUT2D eigenvalue weighted by molar-refractivity contribution is 6.03. The lowest BCUT2D eigenvalue weighted by molar-refractivity contribution is 0.102. The molecular formula is C22H22N4O2. The van der Waals surface area contributed by atoms with Crippen molar-refractivity contribution in [1.82, 2.24) is 9.97 Å². The second-order valence-corrected chi connectivity index (χ2v) is 6.93. The molecule has 0 bridgehead atoms. The number of anilines is 3. The predicted octanol–water partition coefficient (Wildman–Crippen LogP) is 4.13. The quantitative estimate of drug-likeness (QED) is 0.744. The second-order valence-electron chi connectivity index (χ2n) is 6.93. The monoisotopic (exact) mass is 374 g/mol. The summed E-state index contributed by atoms with van der Waals surface area (Å²) in [5, 5.41) is 2.88. The number of para-hydroxylation sites is 1. The van der Waals surface area contributed by atoms with E-state index in [4.69, 9.17) is 4.74 Å². The van der Waals surface area contributed by atoms with Gasteiger partial charge in [0.25, 0.3) is 5.91 Å². The molecule has 1 unspecified atom stereocenters. The molecule has 2 heterocycles. The van der Waals surface area contributed by atoms with Gasteiger partial charge >= 0.3 is 0 Å². The van der Waals surface area contributed by atoms with Crippen LogP contribution in [-0.4, -0.2) is 29.0 Å². The van der Waals surface area contributed by atoms with Crippen molar-refractivity contribution in [1.29, 1.82) is 0 Å². The van der Waals surface area contributed by atoms with E-state index >= 15 is 0 Å². The van der Waals surface area contributed by atoms with E-state index in [1.54, 1.807) is 19.2 Å². The fraction of sp³-hybridized carbons (Fsp3) is 0.227. The van der Waals surface area contributed by atoms with E-state index in [0.29, 0.717) is 23.1 Å². The third-order valence-corrected chi connectivity index (χ3v) is 4.83. The normalized spacial score (nSPS) is 15.2. The summed E-state index contributed by atoms with van der Waals surface area (Å²) < 4.78 is 5.21. The molecule has 0 radical (unpaired) electrons. The lowest BCUT2D eigenvalue weighted by atomic mass is 10.1. The Balaban J connectivity index is 1.65. The van der Waals surface area contributed by atoms with Crippen LogP contribution >= 0.6 is 0 Å². The number of carbonyl (C=O) groups is 1. The molecule has 2 aromatic carbocycles. The summed E-state index contributed by atoms with van der Waals surface area (Å²) in [6, 6.07) is 17.4. The van der Waals surface area contributed by atoms with E-state index < -0.39 is 0 Å². The lowest BCUT2D eigenvalue weighted by Crippen LogP contribution is -2.27. The van der Waals surface area contributed by atoms with Crippen LogP contribution in [0.1, 0.15) is 28.7 Å². The van der Waals surface area contributed by atoms with Gasteiger partial charge in [0.2, 0.25) is 5.95 Å². The Kier molecular flexibility index (Phi) is 4.69. The van der Waals surface area contributed by atoms with Crippen LogP contribution < -0.4 is 15.0 Å². The van der Waals surface area contributed by atoms with Gasteiger partial charge in [-0.05, 0) is 50.1 Å². The molecule has 28 heavy (non-hydrogen) atoms. The fourth-order valence-electron chi connectivity index (χ4n) is 3.54. The molecule has 1 atom stereocenters. The molecule has 0 saturated carbocycles. The van der Waals surface area contributed by atoms with Gasteiger partial charge in [-0.25, -0.2) is 9.97 Å². The van der Waals surface area contributed by atoms with Crippen LogP contribution in [-0.2, 0) is 6.42 Å². The third-order valence-electron chi connectivity index (χ3n) is 4.83. The smallest absolute Gasteiger partial charge is 0.274 e. The molecule has 1 aliphatic rings. The van der Waals surface area contributed by atoms with Crippen LogP contribution in [0.2, 0.25) is 0 Å². The minimum absolute atomic E-state index is 0.230. The summed E-state index contributed by atoms with van der Waals surface area (Å²) in [6.07, 6.45) is 0.929. The summed E-state index contributed by atoms with van der Waals surface area (Å²) >= 11 is 0. The van der Waals surface area contributed by atoms with Crippen molar-refractivity contribution >= 4 is 23.2 Å². The number of hydrogen-bond donors (Lipinski definition) is 1. The third kappa shape index (κ3) is 3.41. The first-order valence-corrected chi connectivity index (χ1v) is 9.23. The Bertz CT molecular complexity index is 1030. The van der Waals surface area contributed by atoms with Crippen molar-refractivity contribution in [3.05, 3.63) is 71.5 Å². The largest absolute Gasteiger partial charge is 0.497 e. The Hall–Kier alpha value is -3.41. The molecule has 0 saturated heterocycles. The zero-order valence-corrected chi connectivity index (χ0v) is 16.1. The highest BCUT2D eigenvalue weighted by atomic mass is 16.5. The Morgan fingerprint density at radius 3 is 2.79 bits per heavy atom. The minimum Gasteiger partial charge on any atom is -0.497 e. The topological polar surface area (TPSA) is 67.3 Å². The first-order valence-electron chi connectivity index (χ1n) is 9.23. The summed E-state index contributed by atoms with van der Waals surface area (Å²) in [6.45, 7) is 4.02. The van der Waals surface area contributed by atoms with Gasteiger partial charge in [-0.15, -0.1) is 0 Å². The van der Waals surface area contributed by atoms with Crippen molar-refractivity contribution in [2.24, 2.45) is 0 Å². The highest BCUT2D eigenvalue weighted by Gasteiger charge is 2.29. The molecule has 1 N–H and O–H groups in total. The molecule has 0 spiro atoms. The van der Waals surface area contributed by atoms with E-state index in [1.807, 2.05) is 37.3 Å². The first-order chi connectivity index (χ1) is 13.5. The number of nitrogens with one attached hydrogen (secondary N) is 1. The predicted molar refractivity (Wildman–Crippen MR) is 109 cm³/mol. The van der Waals surface area contributed by atoms with Crippen LogP contribution in [0.15, 0.2) is 54.6 Å². The number of ether oxygens (including phenoxy) is 1. The van der Waals surface area contributed by atoms with Crippen molar-refractivity contribution in [2.75, 3.05) is 17.3 Å². The molecule has 0 fully saturated rings. The minimum atomic E-state index is -0.278. The zero-order chi connectivity index (χ0) is 19.7. The number of nitrogens with zero attached hydrogens (tertiary/aromatic N) is 3. The van der Waals surface area contributed by atoms with Crippen LogP contribution in [0, 0.1) is 6.92 Å². The van der Waals surface area contributed by atoms with Crippen LogP contribution in [0.4, 0.5) is 17.3 Å². The SMILES string of the molecule is COc1cccc(NC(=O)c2cc(C)nc(N3c4ccccc4CC3C)n2)c1. The number of rotatable bonds is 4. The van der Waals surface area contributed by atoms with Crippen LogP contribution in [0.3, 0.4) is 0 Å². The number of benzene rings is 2. The first kappa shape index (κ1) is 18.0. The number of methoxy groups -OCH3 is 1. The van der Waals surface area contributed by atoms with E-state index in [1.165, 1.54) is 5.56 Å². The summed E-state index contributed by atoms with van der Waals surface area (Å²) in [5.41, 5.74) is 4.10. The Morgan fingerprint density at radius 2 is 1.96 bits per heavy atom. The molecule has 3 aromatic rings. The molecule has 1 aromatic heterocycles. The van der Waals surface area contributed by atoms with Crippen molar-refractivity contribution < 1.29 is 9.53 Å². The van der Waals surface area contributed by atoms with E-state index in [-0.39, 0.29) is 11.9 Å². The van der Waals surface area contributed by atoms with Crippen molar-refractivity contribution in [3.8, 4) is 5.75 Å². The van der Waals surface area contributed by atoms with Crippen molar-refractivity contribution in [2.45, 2.75) is 26.3 Å². The van der Waals surface area contributed by atoms with Gasteiger partial charge in [0.15, 0.2) is 0 Å². The summed E-state index contributed by atoms with van der Waals surface area (Å²) in [7, 11) is 1.59. The number of amides is 1. The summed E-state index contributed by atoms with van der Waals surface area (Å²) in [5.74, 6) is 0.952. The maximum absolute atomic E-state index is 12.8. The van der Waals surface area contributed by atoms with Gasteiger partial charge in [0, 0.05) is 29.2 Å². The average Bonchev–Trinajstić information content (AvgIpc) is 3.03. The lowest BCUT2D eigenvalue weighted by Gasteiger charge is -2.23. The van der Waals surface area contributed by atoms with Gasteiger partial charge in [-0.3, -0.25) is 4.79 Å².